The summed E-state index contributed by atoms with van der Waals surface area (Å²) in [6, 6.07) is 4.23. The van der Waals surface area contributed by atoms with Gasteiger partial charge in [-0.15, -0.1) is 0 Å². The van der Waals surface area contributed by atoms with Gasteiger partial charge in [0.2, 0.25) is 11.8 Å². The number of carbonyl (C=O) groups is 1. The van der Waals surface area contributed by atoms with Crippen LogP contribution >= 0.6 is 0 Å². The highest BCUT2D eigenvalue weighted by Crippen LogP contribution is 2.19. The number of aromatic nitrogens is 2. The molecule has 7 heteroatoms. The molecule has 0 aromatic carbocycles. The minimum atomic E-state index is 0.221. The van der Waals surface area contributed by atoms with Crippen LogP contribution in [-0.2, 0) is 17.8 Å². The summed E-state index contributed by atoms with van der Waals surface area (Å²) in [5.41, 5.74) is 0. The summed E-state index contributed by atoms with van der Waals surface area (Å²) < 4.78 is 10.4. The highest BCUT2D eigenvalue weighted by Gasteiger charge is 2.25. The highest BCUT2D eigenvalue weighted by atomic mass is 16.5. The van der Waals surface area contributed by atoms with Crippen molar-refractivity contribution in [1.29, 1.82) is 0 Å². The van der Waals surface area contributed by atoms with Gasteiger partial charge < -0.3 is 13.8 Å². The lowest BCUT2D eigenvalue weighted by Crippen LogP contribution is -2.37. The number of likely N-dealkylation sites (tertiary alicyclic amines) is 1. The van der Waals surface area contributed by atoms with E-state index in [2.05, 4.69) is 22.0 Å². The fraction of sp³-hybridized carbons (Fsp3) is 0.632. The molecule has 142 valence electrons. The molecule has 1 aliphatic rings. The van der Waals surface area contributed by atoms with Crippen molar-refractivity contribution in [2.45, 2.75) is 58.5 Å². The topological polar surface area (TPSA) is 75.6 Å². The predicted octanol–water partition coefficient (Wildman–Crippen LogP) is 2.81. The van der Waals surface area contributed by atoms with Gasteiger partial charge in [0.25, 0.3) is 0 Å². The first kappa shape index (κ1) is 18.6. The second-order valence-corrected chi connectivity index (χ2v) is 6.84. The number of nitrogens with zero attached hydrogens (tertiary/aromatic N) is 4. The van der Waals surface area contributed by atoms with Gasteiger partial charge >= 0.3 is 0 Å². The van der Waals surface area contributed by atoms with Crippen molar-refractivity contribution < 1.29 is 13.7 Å². The summed E-state index contributed by atoms with van der Waals surface area (Å²) in [6.07, 6.45) is 5.94. The molecule has 0 spiro atoms. The lowest BCUT2D eigenvalue weighted by molar-refractivity contribution is -0.131. The van der Waals surface area contributed by atoms with E-state index in [9.17, 15) is 4.79 Å². The number of rotatable bonds is 7. The largest absolute Gasteiger partial charge is 0.469 e. The van der Waals surface area contributed by atoms with Crippen LogP contribution in [0.5, 0.6) is 0 Å². The molecule has 7 nitrogen and oxygen atoms in total. The Balaban J connectivity index is 1.50. The van der Waals surface area contributed by atoms with Gasteiger partial charge in [-0.05, 0) is 37.9 Å². The summed E-state index contributed by atoms with van der Waals surface area (Å²) in [5, 5.41) is 4.01. The molecule has 0 bridgehead atoms. The number of carbonyl (C=O) groups excluding carboxylic acids is 1. The smallest absolute Gasteiger partial charge is 0.223 e. The molecule has 0 saturated carbocycles. The van der Waals surface area contributed by atoms with Crippen molar-refractivity contribution in [1.82, 2.24) is 19.9 Å². The molecule has 1 atom stereocenters. The quantitative estimate of drug-likeness (QED) is 0.756. The van der Waals surface area contributed by atoms with Gasteiger partial charge in [-0.2, -0.15) is 4.98 Å². The summed E-state index contributed by atoms with van der Waals surface area (Å²) >= 11 is 0. The van der Waals surface area contributed by atoms with Crippen LogP contribution in [0, 0.1) is 6.92 Å². The standard InChI is InChI=1S/C19H28N4O3/c1-3-22(14-18-20-15(2)26-21-18)16-6-4-11-23(12-10-16)19(24)9-8-17-7-5-13-25-17/h5,7,13,16H,3-4,6,8-12,14H2,1-2H3. The molecule has 1 fully saturated rings. The van der Waals surface area contributed by atoms with Gasteiger partial charge in [-0.1, -0.05) is 12.1 Å². The van der Waals surface area contributed by atoms with Crippen LogP contribution in [-0.4, -0.2) is 51.5 Å². The Labute approximate surface area is 154 Å². The van der Waals surface area contributed by atoms with E-state index in [1.165, 1.54) is 0 Å². The second kappa shape index (κ2) is 8.98. The zero-order chi connectivity index (χ0) is 18.4. The Morgan fingerprint density at radius 3 is 2.96 bits per heavy atom. The van der Waals surface area contributed by atoms with E-state index in [-0.39, 0.29) is 5.91 Å². The van der Waals surface area contributed by atoms with Gasteiger partial charge in [0.05, 0.1) is 12.8 Å². The predicted molar refractivity (Wildman–Crippen MR) is 96.4 cm³/mol. The first-order valence-electron chi connectivity index (χ1n) is 9.49. The molecule has 1 saturated heterocycles. The van der Waals surface area contributed by atoms with Gasteiger partial charge in [0, 0.05) is 38.9 Å². The van der Waals surface area contributed by atoms with E-state index < -0.39 is 0 Å². The summed E-state index contributed by atoms with van der Waals surface area (Å²) in [7, 11) is 0. The first-order valence-corrected chi connectivity index (χ1v) is 9.49. The highest BCUT2D eigenvalue weighted by molar-refractivity contribution is 5.76. The maximum Gasteiger partial charge on any atom is 0.223 e. The fourth-order valence-corrected chi connectivity index (χ4v) is 3.62. The van der Waals surface area contributed by atoms with E-state index in [0.29, 0.717) is 31.3 Å². The molecule has 0 radical (unpaired) electrons. The van der Waals surface area contributed by atoms with Crippen molar-refractivity contribution >= 4 is 5.91 Å². The average molecular weight is 360 g/mol. The zero-order valence-electron chi connectivity index (χ0n) is 15.7. The monoisotopic (exact) mass is 360 g/mol. The minimum Gasteiger partial charge on any atom is -0.469 e. The van der Waals surface area contributed by atoms with E-state index in [4.69, 9.17) is 8.94 Å². The third-order valence-corrected chi connectivity index (χ3v) is 5.05. The SMILES string of the molecule is CCN(Cc1noc(C)n1)C1CCCN(C(=O)CCc2ccco2)CC1. The molecule has 3 heterocycles. The van der Waals surface area contributed by atoms with E-state index in [1.807, 2.05) is 24.0 Å². The molecule has 1 aliphatic heterocycles. The number of hydrogen-bond acceptors (Lipinski definition) is 6. The lowest BCUT2D eigenvalue weighted by atomic mass is 10.1. The third kappa shape index (κ3) is 4.94. The number of furan rings is 1. The van der Waals surface area contributed by atoms with Gasteiger partial charge in [0.15, 0.2) is 5.82 Å². The third-order valence-electron chi connectivity index (χ3n) is 5.05. The molecule has 0 N–H and O–H groups in total. The lowest BCUT2D eigenvalue weighted by Gasteiger charge is -2.28. The number of aryl methyl sites for hydroxylation is 2. The molecular weight excluding hydrogens is 332 g/mol. The van der Waals surface area contributed by atoms with Crippen LogP contribution in [0.1, 0.15) is 50.1 Å². The molecule has 3 rings (SSSR count). The van der Waals surface area contributed by atoms with Crippen LogP contribution in [0.15, 0.2) is 27.3 Å². The molecule has 26 heavy (non-hydrogen) atoms. The number of amides is 1. The first-order chi connectivity index (χ1) is 12.7. The Bertz CT molecular complexity index is 683. The Kier molecular flexibility index (Phi) is 6.44. The molecule has 0 aliphatic carbocycles. The summed E-state index contributed by atoms with van der Waals surface area (Å²) in [4.78, 5) is 21.2. The Morgan fingerprint density at radius 2 is 2.27 bits per heavy atom. The fourth-order valence-electron chi connectivity index (χ4n) is 3.62. The van der Waals surface area contributed by atoms with Crippen molar-refractivity contribution in [3.05, 3.63) is 35.9 Å². The second-order valence-electron chi connectivity index (χ2n) is 6.84. The number of hydrogen-bond donors (Lipinski definition) is 0. The molecule has 1 unspecified atom stereocenters. The summed E-state index contributed by atoms with van der Waals surface area (Å²) in [6.45, 7) is 7.25. The van der Waals surface area contributed by atoms with Crippen molar-refractivity contribution in [3.63, 3.8) is 0 Å². The van der Waals surface area contributed by atoms with Gasteiger partial charge in [0.1, 0.15) is 5.76 Å². The minimum absolute atomic E-state index is 0.221. The molecule has 2 aromatic heterocycles. The Hall–Kier alpha value is -2.15. The van der Waals surface area contributed by atoms with Crippen LogP contribution in [0.3, 0.4) is 0 Å². The van der Waals surface area contributed by atoms with Gasteiger partial charge in [-0.3, -0.25) is 9.69 Å². The van der Waals surface area contributed by atoms with Crippen LogP contribution in [0.25, 0.3) is 0 Å². The zero-order valence-corrected chi connectivity index (χ0v) is 15.7. The van der Waals surface area contributed by atoms with Crippen molar-refractivity contribution in [3.8, 4) is 0 Å². The van der Waals surface area contributed by atoms with Crippen molar-refractivity contribution in [2.24, 2.45) is 0 Å². The normalized spacial score (nSPS) is 18.3. The molecule has 1 amide bonds. The maximum atomic E-state index is 12.5. The van der Waals surface area contributed by atoms with Crippen LogP contribution in [0.2, 0.25) is 0 Å². The van der Waals surface area contributed by atoms with Crippen LogP contribution < -0.4 is 0 Å². The molecule has 2 aromatic rings. The van der Waals surface area contributed by atoms with E-state index in [1.54, 1.807) is 6.26 Å². The van der Waals surface area contributed by atoms with E-state index in [0.717, 1.165) is 50.5 Å². The maximum absolute atomic E-state index is 12.5. The van der Waals surface area contributed by atoms with Crippen molar-refractivity contribution in [2.75, 3.05) is 19.6 Å². The van der Waals surface area contributed by atoms with Crippen LogP contribution in [0.4, 0.5) is 0 Å². The average Bonchev–Trinajstić information content (AvgIpc) is 3.24. The molecular formula is C19H28N4O3. The van der Waals surface area contributed by atoms with E-state index >= 15 is 0 Å². The van der Waals surface area contributed by atoms with Gasteiger partial charge in [-0.25, -0.2) is 0 Å². The Morgan fingerprint density at radius 1 is 1.38 bits per heavy atom. The summed E-state index contributed by atoms with van der Waals surface area (Å²) in [5.74, 6) is 2.43.